The summed E-state index contributed by atoms with van der Waals surface area (Å²) in [7, 11) is 0. The third-order valence-electron chi connectivity index (χ3n) is 2.46. The third-order valence-corrected chi connectivity index (χ3v) is 2.46. The van der Waals surface area contributed by atoms with Crippen LogP contribution in [0.2, 0.25) is 0 Å². The van der Waals surface area contributed by atoms with Crippen LogP contribution in [-0.4, -0.2) is 18.6 Å². The maximum absolute atomic E-state index is 11.1. The zero-order valence-corrected chi connectivity index (χ0v) is 9.75. The van der Waals surface area contributed by atoms with Gasteiger partial charge < -0.3 is 10.5 Å². The van der Waals surface area contributed by atoms with Gasteiger partial charge in [0.15, 0.2) is 0 Å². The molecule has 2 N–H and O–H groups in total. The van der Waals surface area contributed by atoms with E-state index in [2.05, 4.69) is 20.8 Å². The van der Waals surface area contributed by atoms with E-state index in [1.165, 1.54) is 0 Å². The number of ether oxygens (including phenoxy) is 1. The molecule has 2 atom stereocenters. The van der Waals surface area contributed by atoms with Gasteiger partial charge in [-0.25, -0.2) is 0 Å². The monoisotopic (exact) mass is 201 g/mol. The van der Waals surface area contributed by atoms with E-state index in [0.717, 1.165) is 6.42 Å². The minimum Gasteiger partial charge on any atom is -0.466 e. The Balaban J connectivity index is 3.49. The van der Waals surface area contributed by atoms with E-state index in [1.807, 2.05) is 0 Å². The highest BCUT2D eigenvalue weighted by Crippen LogP contribution is 2.13. The van der Waals surface area contributed by atoms with Crippen molar-refractivity contribution in [2.45, 2.75) is 46.6 Å². The van der Waals surface area contributed by atoms with Gasteiger partial charge >= 0.3 is 5.97 Å². The van der Waals surface area contributed by atoms with Crippen molar-refractivity contribution in [3.8, 4) is 0 Å². The number of hydrogen-bond acceptors (Lipinski definition) is 3. The normalized spacial score (nSPS) is 15.3. The molecule has 0 amide bonds. The number of rotatable bonds is 6. The molecular weight excluding hydrogens is 178 g/mol. The molecule has 0 aliphatic rings. The van der Waals surface area contributed by atoms with Gasteiger partial charge in [-0.1, -0.05) is 20.8 Å². The highest BCUT2D eigenvalue weighted by molar-refractivity contribution is 5.69. The fraction of sp³-hybridized carbons (Fsp3) is 0.909. The molecule has 0 heterocycles. The van der Waals surface area contributed by atoms with Crippen LogP contribution in [-0.2, 0) is 9.53 Å². The molecule has 0 aromatic rings. The molecule has 84 valence electrons. The molecule has 0 bridgehead atoms. The summed E-state index contributed by atoms with van der Waals surface area (Å²) in [6.07, 6.45) is 1.25. The molecule has 0 aliphatic heterocycles. The van der Waals surface area contributed by atoms with E-state index in [0.29, 0.717) is 24.9 Å². The lowest BCUT2D eigenvalue weighted by molar-refractivity contribution is -0.144. The van der Waals surface area contributed by atoms with Crippen LogP contribution in [0.25, 0.3) is 0 Å². The van der Waals surface area contributed by atoms with Crippen molar-refractivity contribution in [2.75, 3.05) is 6.61 Å². The Bertz CT molecular complexity index is 167. The number of nitrogens with two attached hydrogens (primary N) is 1. The van der Waals surface area contributed by atoms with Gasteiger partial charge in [0.2, 0.25) is 0 Å². The van der Waals surface area contributed by atoms with Crippen LogP contribution >= 0.6 is 0 Å². The minimum absolute atomic E-state index is 0.106. The fourth-order valence-electron chi connectivity index (χ4n) is 1.01. The van der Waals surface area contributed by atoms with Crippen molar-refractivity contribution in [1.82, 2.24) is 0 Å². The Hall–Kier alpha value is -0.570. The Labute approximate surface area is 87.0 Å². The van der Waals surface area contributed by atoms with Crippen molar-refractivity contribution in [2.24, 2.45) is 17.6 Å². The molecule has 0 saturated carbocycles. The second-order valence-electron chi connectivity index (χ2n) is 4.41. The number of esters is 1. The number of carbonyl (C=O) groups is 1. The summed E-state index contributed by atoms with van der Waals surface area (Å²) in [4.78, 5) is 11.1. The van der Waals surface area contributed by atoms with Crippen LogP contribution in [0.3, 0.4) is 0 Å². The van der Waals surface area contributed by atoms with Gasteiger partial charge in [-0.3, -0.25) is 4.79 Å². The van der Waals surface area contributed by atoms with Crippen molar-refractivity contribution in [3.05, 3.63) is 0 Å². The standard InChI is InChI=1S/C11H23NO2/c1-8(2)9(3)5-6-14-11(13)7-10(4)12/h8-10H,5-7,12H2,1-4H3. The predicted octanol–water partition coefficient (Wildman–Crippen LogP) is 1.95. The van der Waals surface area contributed by atoms with Crippen LogP contribution in [0.15, 0.2) is 0 Å². The lowest BCUT2D eigenvalue weighted by atomic mass is 9.95. The summed E-state index contributed by atoms with van der Waals surface area (Å²) < 4.78 is 5.05. The molecule has 0 spiro atoms. The maximum Gasteiger partial charge on any atom is 0.307 e. The Morgan fingerprint density at radius 1 is 1.29 bits per heavy atom. The second kappa shape index (κ2) is 6.82. The molecule has 3 nitrogen and oxygen atoms in total. The second-order valence-corrected chi connectivity index (χ2v) is 4.41. The largest absolute Gasteiger partial charge is 0.466 e. The van der Waals surface area contributed by atoms with Gasteiger partial charge in [-0.15, -0.1) is 0 Å². The summed E-state index contributed by atoms with van der Waals surface area (Å²) in [5.41, 5.74) is 5.47. The molecule has 0 aromatic carbocycles. The summed E-state index contributed by atoms with van der Waals surface area (Å²) in [6, 6.07) is -0.106. The first-order valence-electron chi connectivity index (χ1n) is 5.34. The fourth-order valence-corrected chi connectivity index (χ4v) is 1.01. The molecule has 0 aromatic heterocycles. The summed E-state index contributed by atoms with van der Waals surface area (Å²) in [5.74, 6) is 1.05. The first-order chi connectivity index (χ1) is 6.43. The molecule has 0 saturated heterocycles. The van der Waals surface area contributed by atoms with Gasteiger partial charge in [-0.2, -0.15) is 0 Å². The van der Waals surface area contributed by atoms with Crippen LogP contribution < -0.4 is 5.73 Å². The van der Waals surface area contributed by atoms with Gasteiger partial charge in [0.1, 0.15) is 0 Å². The highest BCUT2D eigenvalue weighted by Gasteiger charge is 2.09. The molecular formula is C11H23NO2. The Morgan fingerprint density at radius 3 is 2.29 bits per heavy atom. The lowest BCUT2D eigenvalue weighted by Gasteiger charge is -2.15. The number of hydrogen-bond donors (Lipinski definition) is 1. The van der Waals surface area contributed by atoms with Crippen LogP contribution in [0, 0.1) is 11.8 Å². The molecule has 0 rings (SSSR count). The van der Waals surface area contributed by atoms with Crippen LogP contribution in [0.5, 0.6) is 0 Å². The smallest absolute Gasteiger partial charge is 0.307 e. The van der Waals surface area contributed by atoms with E-state index in [-0.39, 0.29) is 12.0 Å². The average molecular weight is 201 g/mol. The quantitative estimate of drug-likeness (QED) is 0.668. The molecule has 0 fully saturated rings. The highest BCUT2D eigenvalue weighted by atomic mass is 16.5. The Kier molecular flexibility index (Phi) is 6.54. The molecule has 0 aliphatic carbocycles. The van der Waals surface area contributed by atoms with E-state index in [4.69, 9.17) is 10.5 Å². The molecule has 2 unspecified atom stereocenters. The van der Waals surface area contributed by atoms with Crippen LogP contribution in [0.4, 0.5) is 0 Å². The average Bonchev–Trinajstić information content (AvgIpc) is 2.02. The van der Waals surface area contributed by atoms with Gasteiger partial charge in [-0.05, 0) is 25.2 Å². The summed E-state index contributed by atoms with van der Waals surface area (Å²) in [6.45, 7) is 8.84. The first-order valence-corrected chi connectivity index (χ1v) is 5.34. The Morgan fingerprint density at radius 2 is 1.86 bits per heavy atom. The van der Waals surface area contributed by atoms with E-state index in [1.54, 1.807) is 6.92 Å². The SMILES string of the molecule is CC(N)CC(=O)OCCC(C)C(C)C. The van der Waals surface area contributed by atoms with E-state index < -0.39 is 0 Å². The summed E-state index contributed by atoms with van der Waals surface area (Å²) in [5, 5.41) is 0. The van der Waals surface area contributed by atoms with Crippen LogP contribution in [0.1, 0.15) is 40.5 Å². The first kappa shape index (κ1) is 13.4. The molecule has 0 radical (unpaired) electrons. The summed E-state index contributed by atoms with van der Waals surface area (Å²) >= 11 is 0. The zero-order valence-electron chi connectivity index (χ0n) is 9.75. The minimum atomic E-state index is -0.184. The van der Waals surface area contributed by atoms with E-state index in [9.17, 15) is 4.79 Å². The van der Waals surface area contributed by atoms with Gasteiger partial charge in [0, 0.05) is 6.04 Å². The third kappa shape index (κ3) is 6.89. The van der Waals surface area contributed by atoms with Crippen molar-refractivity contribution in [1.29, 1.82) is 0 Å². The topological polar surface area (TPSA) is 52.3 Å². The van der Waals surface area contributed by atoms with E-state index >= 15 is 0 Å². The molecule has 14 heavy (non-hydrogen) atoms. The van der Waals surface area contributed by atoms with Gasteiger partial charge in [0.05, 0.1) is 13.0 Å². The molecule has 3 heteroatoms. The number of carbonyl (C=O) groups excluding carboxylic acids is 1. The maximum atomic E-state index is 11.1. The zero-order chi connectivity index (χ0) is 11.1. The van der Waals surface area contributed by atoms with Gasteiger partial charge in [0.25, 0.3) is 0 Å². The van der Waals surface area contributed by atoms with Crippen molar-refractivity contribution >= 4 is 5.97 Å². The van der Waals surface area contributed by atoms with Crippen molar-refractivity contribution in [3.63, 3.8) is 0 Å². The van der Waals surface area contributed by atoms with Crippen molar-refractivity contribution < 1.29 is 9.53 Å². The lowest BCUT2D eigenvalue weighted by Crippen LogP contribution is -2.21. The predicted molar refractivity (Wildman–Crippen MR) is 57.8 cm³/mol.